The molecule has 5 atom stereocenters. The van der Waals surface area contributed by atoms with E-state index < -0.39 is 11.9 Å². The predicted octanol–water partition coefficient (Wildman–Crippen LogP) is 0.838. The first-order valence-corrected chi connectivity index (χ1v) is 7.40. The summed E-state index contributed by atoms with van der Waals surface area (Å²) >= 11 is 0. The molecule has 3 aliphatic rings. The lowest BCUT2D eigenvalue weighted by molar-refractivity contribution is -0.148. The number of carbonyl (C=O) groups excluding carboxylic acids is 3. The van der Waals surface area contributed by atoms with E-state index in [1.165, 1.54) is 4.90 Å². The normalized spacial score (nSPS) is 35.8. The molecule has 0 aromatic rings. The molecular formula is C15H20N2O3. The van der Waals surface area contributed by atoms with E-state index in [1.807, 2.05) is 19.1 Å². The molecular weight excluding hydrogens is 256 g/mol. The van der Waals surface area contributed by atoms with Crippen LogP contribution in [-0.2, 0) is 14.4 Å². The second-order valence-electron chi connectivity index (χ2n) is 6.11. The molecule has 5 nitrogen and oxygen atoms in total. The summed E-state index contributed by atoms with van der Waals surface area (Å²) in [7, 11) is 0. The fourth-order valence-corrected chi connectivity index (χ4v) is 4.03. The van der Waals surface area contributed by atoms with Crippen LogP contribution in [0.5, 0.6) is 0 Å². The maximum absolute atomic E-state index is 12.6. The van der Waals surface area contributed by atoms with Gasteiger partial charge in [-0.25, -0.2) is 0 Å². The Balaban J connectivity index is 1.86. The molecule has 0 unspecified atom stereocenters. The number of nitrogens with zero attached hydrogens (tertiary/aromatic N) is 1. The summed E-state index contributed by atoms with van der Waals surface area (Å²) in [4.78, 5) is 37.9. The Morgan fingerprint density at radius 3 is 2.30 bits per heavy atom. The highest BCUT2D eigenvalue weighted by Crippen LogP contribution is 2.52. The number of fused-ring (bicyclic) bond motifs is 5. The van der Waals surface area contributed by atoms with Crippen LogP contribution < -0.4 is 5.73 Å². The van der Waals surface area contributed by atoms with Crippen LogP contribution in [0.4, 0.5) is 0 Å². The van der Waals surface area contributed by atoms with Gasteiger partial charge >= 0.3 is 0 Å². The van der Waals surface area contributed by atoms with Crippen molar-refractivity contribution in [3.63, 3.8) is 0 Å². The van der Waals surface area contributed by atoms with E-state index in [-0.39, 0.29) is 35.5 Å². The van der Waals surface area contributed by atoms with Gasteiger partial charge in [-0.2, -0.15) is 0 Å². The van der Waals surface area contributed by atoms with Gasteiger partial charge in [0.05, 0.1) is 11.8 Å². The van der Waals surface area contributed by atoms with Crippen LogP contribution in [0, 0.1) is 23.7 Å². The lowest BCUT2D eigenvalue weighted by atomic mass is 9.85. The van der Waals surface area contributed by atoms with E-state index in [0.29, 0.717) is 6.42 Å². The summed E-state index contributed by atoms with van der Waals surface area (Å²) in [6.07, 6.45) is 7.16. The molecule has 108 valence electrons. The summed E-state index contributed by atoms with van der Waals surface area (Å²) in [5.74, 6) is -1.09. The second kappa shape index (κ2) is 4.72. The molecule has 2 bridgehead atoms. The Bertz CT molecular complexity index is 469. The van der Waals surface area contributed by atoms with Crippen LogP contribution in [-0.4, -0.2) is 28.7 Å². The maximum atomic E-state index is 12.6. The van der Waals surface area contributed by atoms with Crippen LogP contribution in [0.25, 0.3) is 0 Å². The number of hydrogen-bond acceptors (Lipinski definition) is 3. The van der Waals surface area contributed by atoms with Crippen LogP contribution in [0.2, 0.25) is 0 Å². The number of carbonyl (C=O) groups is 3. The van der Waals surface area contributed by atoms with Gasteiger partial charge in [-0.1, -0.05) is 31.9 Å². The van der Waals surface area contributed by atoms with E-state index in [1.54, 1.807) is 0 Å². The Hall–Kier alpha value is -1.65. The van der Waals surface area contributed by atoms with E-state index in [0.717, 1.165) is 19.3 Å². The van der Waals surface area contributed by atoms with Gasteiger partial charge in [-0.3, -0.25) is 19.3 Å². The third-order valence-corrected chi connectivity index (χ3v) is 4.98. The number of nitrogens with two attached hydrogens (primary N) is 1. The van der Waals surface area contributed by atoms with Crippen LogP contribution in [0.15, 0.2) is 12.2 Å². The van der Waals surface area contributed by atoms with Crippen molar-refractivity contribution in [2.45, 2.75) is 38.6 Å². The van der Waals surface area contributed by atoms with E-state index in [2.05, 4.69) is 0 Å². The quantitative estimate of drug-likeness (QED) is 0.597. The molecule has 0 aromatic carbocycles. The van der Waals surface area contributed by atoms with Crippen molar-refractivity contribution in [3.8, 4) is 0 Å². The summed E-state index contributed by atoms with van der Waals surface area (Å²) in [5.41, 5.74) is 5.42. The van der Waals surface area contributed by atoms with Gasteiger partial charge in [0.25, 0.3) is 0 Å². The molecule has 5 heteroatoms. The standard InChI is InChI=1S/C15H20N2O3/c1-2-3-4-10(13(16)18)17-14(19)11-8-5-6-9(7-8)12(11)15(17)20/h5-6,8-12H,2-4,7H2,1H3,(H2,16,18)/t8-,9-,10+,11-,12-/m0/s1. The number of primary amides is 1. The number of allylic oxidation sites excluding steroid dienone is 2. The molecule has 2 fully saturated rings. The zero-order valence-electron chi connectivity index (χ0n) is 11.6. The van der Waals surface area contributed by atoms with Crippen molar-refractivity contribution in [1.82, 2.24) is 4.90 Å². The highest BCUT2D eigenvalue weighted by Gasteiger charge is 2.60. The number of amides is 3. The van der Waals surface area contributed by atoms with Gasteiger partial charge in [0, 0.05) is 0 Å². The van der Waals surface area contributed by atoms with Crippen LogP contribution in [0.3, 0.4) is 0 Å². The molecule has 2 aliphatic carbocycles. The number of hydrogen-bond donors (Lipinski definition) is 1. The first-order valence-electron chi connectivity index (χ1n) is 7.40. The minimum atomic E-state index is -0.764. The zero-order valence-corrected chi connectivity index (χ0v) is 11.6. The Morgan fingerprint density at radius 1 is 1.30 bits per heavy atom. The van der Waals surface area contributed by atoms with E-state index in [9.17, 15) is 14.4 Å². The van der Waals surface area contributed by atoms with E-state index >= 15 is 0 Å². The average molecular weight is 276 g/mol. The average Bonchev–Trinajstić information content (AvgIpc) is 3.07. The molecule has 0 aromatic heterocycles. The van der Waals surface area contributed by atoms with Gasteiger partial charge < -0.3 is 5.73 Å². The summed E-state index contributed by atoms with van der Waals surface area (Å²) in [5, 5.41) is 0. The molecule has 0 radical (unpaired) electrons. The molecule has 3 amide bonds. The molecule has 0 spiro atoms. The minimum Gasteiger partial charge on any atom is -0.368 e. The lowest BCUT2D eigenvalue weighted by Crippen LogP contribution is -2.49. The van der Waals surface area contributed by atoms with Crippen molar-refractivity contribution in [2.24, 2.45) is 29.4 Å². The number of rotatable bonds is 5. The monoisotopic (exact) mass is 276 g/mol. The molecule has 1 aliphatic heterocycles. The largest absolute Gasteiger partial charge is 0.368 e. The van der Waals surface area contributed by atoms with Gasteiger partial charge in [-0.15, -0.1) is 0 Å². The van der Waals surface area contributed by atoms with Crippen molar-refractivity contribution < 1.29 is 14.4 Å². The van der Waals surface area contributed by atoms with Gasteiger partial charge in [0.1, 0.15) is 6.04 Å². The highest BCUT2D eigenvalue weighted by molar-refractivity contribution is 6.09. The zero-order chi connectivity index (χ0) is 14.4. The lowest BCUT2D eigenvalue weighted by Gasteiger charge is -2.25. The predicted molar refractivity (Wildman–Crippen MR) is 72.1 cm³/mol. The van der Waals surface area contributed by atoms with Gasteiger partial charge in [-0.05, 0) is 24.7 Å². The molecule has 20 heavy (non-hydrogen) atoms. The fourth-order valence-electron chi connectivity index (χ4n) is 4.03. The topological polar surface area (TPSA) is 80.5 Å². The van der Waals surface area contributed by atoms with Crippen molar-refractivity contribution in [3.05, 3.63) is 12.2 Å². The first kappa shape index (κ1) is 13.3. The second-order valence-corrected chi connectivity index (χ2v) is 6.11. The number of unbranched alkanes of at least 4 members (excludes halogenated alkanes) is 1. The third kappa shape index (κ3) is 1.72. The number of likely N-dealkylation sites (tertiary alicyclic amines) is 1. The SMILES string of the molecule is CCCC[C@H](C(N)=O)N1C(=O)[C@@H]2[C@@H](C1=O)[C@H]1C=C[C@H]2C1. The Kier molecular flexibility index (Phi) is 3.15. The fraction of sp³-hybridized carbons (Fsp3) is 0.667. The Labute approximate surface area is 118 Å². The van der Waals surface area contributed by atoms with Crippen molar-refractivity contribution in [2.75, 3.05) is 0 Å². The van der Waals surface area contributed by atoms with Crippen LogP contribution >= 0.6 is 0 Å². The number of imide groups is 1. The summed E-state index contributed by atoms with van der Waals surface area (Å²) < 4.78 is 0. The first-order chi connectivity index (χ1) is 9.56. The van der Waals surface area contributed by atoms with Crippen LogP contribution in [0.1, 0.15) is 32.6 Å². The maximum Gasteiger partial charge on any atom is 0.240 e. The van der Waals surface area contributed by atoms with Gasteiger partial charge in [0.2, 0.25) is 17.7 Å². The van der Waals surface area contributed by atoms with Crippen molar-refractivity contribution in [1.29, 1.82) is 0 Å². The molecule has 1 saturated carbocycles. The molecule has 3 rings (SSSR count). The highest BCUT2D eigenvalue weighted by atomic mass is 16.2. The van der Waals surface area contributed by atoms with Gasteiger partial charge in [0.15, 0.2) is 0 Å². The minimum absolute atomic E-state index is 0.172. The van der Waals surface area contributed by atoms with E-state index in [4.69, 9.17) is 5.73 Å². The third-order valence-electron chi connectivity index (χ3n) is 4.98. The summed E-state index contributed by atoms with van der Waals surface area (Å²) in [6.45, 7) is 2.00. The Morgan fingerprint density at radius 2 is 1.85 bits per heavy atom. The summed E-state index contributed by atoms with van der Waals surface area (Å²) in [6, 6.07) is -0.764. The molecule has 1 heterocycles. The van der Waals surface area contributed by atoms with Crippen molar-refractivity contribution >= 4 is 17.7 Å². The smallest absolute Gasteiger partial charge is 0.240 e. The molecule has 2 N–H and O–H groups in total. The molecule has 1 saturated heterocycles.